The molecular formula is C19H32N2. The van der Waals surface area contributed by atoms with Gasteiger partial charge in [0.05, 0.1) is 0 Å². The number of hydrogen-bond acceptors (Lipinski definition) is 2. The van der Waals surface area contributed by atoms with Crippen molar-refractivity contribution in [1.82, 2.24) is 10.3 Å². The Bertz CT molecular complexity index is 407. The molecule has 1 aromatic rings. The van der Waals surface area contributed by atoms with E-state index in [1.165, 1.54) is 31.4 Å². The van der Waals surface area contributed by atoms with E-state index in [1.54, 1.807) is 0 Å². The molecule has 2 heteroatoms. The third-order valence-electron chi connectivity index (χ3n) is 4.92. The van der Waals surface area contributed by atoms with Crippen molar-refractivity contribution in [2.24, 2.45) is 17.8 Å². The van der Waals surface area contributed by atoms with E-state index in [0.717, 1.165) is 30.7 Å². The summed E-state index contributed by atoms with van der Waals surface area (Å²) in [6, 6.07) is 6.31. The topological polar surface area (TPSA) is 24.9 Å². The molecule has 118 valence electrons. The van der Waals surface area contributed by atoms with Gasteiger partial charge < -0.3 is 5.32 Å². The third-order valence-corrected chi connectivity index (χ3v) is 4.92. The van der Waals surface area contributed by atoms with Crippen LogP contribution in [0.25, 0.3) is 0 Å². The van der Waals surface area contributed by atoms with Gasteiger partial charge >= 0.3 is 0 Å². The molecule has 1 saturated carbocycles. The van der Waals surface area contributed by atoms with Crippen molar-refractivity contribution < 1.29 is 0 Å². The molecule has 0 saturated heterocycles. The number of aromatic nitrogens is 1. The van der Waals surface area contributed by atoms with Crippen LogP contribution >= 0.6 is 0 Å². The van der Waals surface area contributed by atoms with Gasteiger partial charge in [-0.25, -0.2) is 0 Å². The molecule has 0 spiro atoms. The lowest BCUT2D eigenvalue weighted by atomic mass is 9.71. The quantitative estimate of drug-likeness (QED) is 0.865. The normalized spacial score (nSPS) is 26.8. The summed E-state index contributed by atoms with van der Waals surface area (Å²) in [4.78, 5) is 4.55. The summed E-state index contributed by atoms with van der Waals surface area (Å²) in [6.07, 6.45) is 8.57. The predicted octanol–water partition coefficient (Wildman–Crippen LogP) is 4.45. The van der Waals surface area contributed by atoms with Crippen molar-refractivity contribution in [3.63, 3.8) is 0 Å². The lowest BCUT2D eigenvalue weighted by molar-refractivity contribution is 0.162. The Morgan fingerprint density at radius 1 is 1.19 bits per heavy atom. The first kappa shape index (κ1) is 16.5. The van der Waals surface area contributed by atoms with Gasteiger partial charge in [-0.2, -0.15) is 0 Å². The summed E-state index contributed by atoms with van der Waals surface area (Å²) in [5, 5.41) is 3.72. The Morgan fingerprint density at radius 2 is 2.00 bits per heavy atom. The first-order valence-electron chi connectivity index (χ1n) is 8.63. The zero-order chi connectivity index (χ0) is 15.3. The standard InChI is InChI=1S/C19H32N2/c1-5-15-9-10-16(14-21-19(2,3)4)17(12-15)13-18-8-6-7-11-20-18/h6-8,11,15-17,21H,5,9-10,12-14H2,1-4H3. The minimum Gasteiger partial charge on any atom is -0.312 e. The van der Waals surface area contributed by atoms with Crippen molar-refractivity contribution in [2.75, 3.05) is 6.54 Å². The van der Waals surface area contributed by atoms with Crippen molar-refractivity contribution in [3.05, 3.63) is 30.1 Å². The Morgan fingerprint density at radius 3 is 2.62 bits per heavy atom. The van der Waals surface area contributed by atoms with Crippen LogP contribution in [0.1, 0.15) is 59.1 Å². The molecule has 21 heavy (non-hydrogen) atoms. The molecule has 0 aromatic carbocycles. The van der Waals surface area contributed by atoms with Gasteiger partial charge in [0, 0.05) is 17.4 Å². The molecule has 1 aliphatic carbocycles. The number of pyridine rings is 1. The minimum atomic E-state index is 0.219. The SMILES string of the molecule is CCC1CCC(CNC(C)(C)C)C(Cc2ccccn2)C1. The molecule has 0 amide bonds. The third kappa shape index (κ3) is 5.43. The number of rotatable bonds is 5. The van der Waals surface area contributed by atoms with Crippen LogP contribution in [0.15, 0.2) is 24.4 Å². The van der Waals surface area contributed by atoms with Crippen LogP contribution in [-0.4, -0.2) is 17.1 Å². The summed E-state index contributed by atoms with van der Waals surface area (Å²) in [7, 11) is 0. The highest BCUT2D eigenvalue weighted by atomic mass is 14.9. The molecule has 0 aliphatic heterocycles. The molecule has 3 atom stereocenters. The fraction of sp³-hybridized carbons (Fsp3) is 0.737. The molecule has 1 aliphatic rings. The summed E-state index contributed by atoms with van der Waals surface area (Å²) >= 11 is 0. The van der Waals surface area contributed by atoms with Gasteiger partial charge in [-0.1, -0.05) is 25.8 Å². The maximum Gasteiger partial charge on any atom is 0.0406 e. The maximum atomic E-state index is 4.55. The van der Waals surface area contributed by atoms with Crippen LogP contribution < -0.4 is 5.32 Å². The van der Waals surface area contributed by atoms with E-state index in [-0.39, 0.29) is 5.54 Å². The molecule has 1 fully saturated rings. The van der Waals surface area contributed by atoms with E-state index in [0.29, 0.717) is 0 Å². The fourth-order valence-electron chi connectivity index (χ4n) is 3.54. The predicted molar refractivity (Wildman–Crippen MR) is 90.3 cm³/mol. The first-order chi connectivity index (χ1) is 9.98. The second-order valence-electron chi connectivity index (χ2n) is 7.76. The second-order valence-corrected chi connectivity index (χ2v) is 7.76. The molecular weight excluding hydrogens is 256 g/mol. The average Bonchev–Trinajstić information content (AvgIpc) is 2.46. The molecule has 2 nitrogen and oxygen atoms in total. The van der Waals surface area contributed by atoms with Crippen LogP contribution in [0.2, 0.25) is 0 Å². The highest BCUT2D eigenvalue weighted by molar-refractivity contribution is 5.05. The monoisotopic (exact) mass is 288 g/mol. The van der Waals surface area contributed by atoms with Crippen molar-refractivity contribution in [3.8, 4) is 0 Å². The van der Waals surface area contributed by atoms with Gasteiger partial charge in [0.15, 0.2) is 0 Å². The maximum absolute atomic E-state index is 4.55. The number of nitrogens with zero attached hydrogens (tertiary/aromatic N) is 1. The van der Waals surface area contributed by atoms with Crippen LogP contribution in [0, 0.1) is 17.8 Å². The molecule has 1 aromatic heterocycles. The van der Waals surface area contributed by atoms with E-state index < -0.39 is 0 Å². The number of hydrogen-bond donors (Lipinski definition) is 1. The Balaban J connectivity index is 1.99. The zero-order valence-corrected chi connectivity index (χ0v) is 14.2. The van der Waals surface area contributed by atoms with Gasteiger partial charge in [-0.05, 0) is 76.5 Å². The van der Waals surface area contributed by atoms with Gasteiger partial charge in [0.25, 0.3) is 0 Å². The average molecular weight is 288 g/mol. The van der Waals surface area contributed by atoms with Crippen LogP contribution in [0.4, 0.5) is 0 Å². The smallest absolute Gasteiger partial charge is 0.0406 e. The zero-order valence-electron chi connectivity index (χ0n) is 14.2. The number of nitrogens with one attached hydrogen (secondary N) is 1. The lowest BCUT2D eigenvalue weighted by Gasteiger charge is -2.37. The van der Waals surface area contributed by atoms with Gasteiger partial charge in [-0.3, -0.25) is 4.98 Å². The van der Waals surface area contributed by atoms with E-state index in [9.17, 15) is 0 Å². The highest BCUT2D eigenvalue weighted by Crippen LogP contribution is 2.37. The molecule has 0 bridgehead atoms. The fourth-order valence-corrected chi connectivity index (χ4v) is 3.54. The van der Waals surface area contributed by atoms with Crippen molar-refractivity contribution in [2.45, 2.75) is 65.3 Å². The van der Waals surface area contributed by atoms with Crippen molar-refractivity contribution in [1.29, 1.82) is 0 Å². The molecule has 0 radical (unpaired) electrons. The van der Waals surface area contributed by atoms with Gasteiger partial charge in [0.1, 0.15) is 0 Å². The first-order valence-corrected chi connectivity index (χ1v) is 8.63. The van der Waals surface area contributed by atoms with E-state index in [4.69, 9.17) is 0 Å². The second kappa shape index (κ2) is 7.40. The summed E-state index contributed by atoms with van der Waals surface area (Å²) in [5.74, 6) is 2.51. The lowest BCUT2D eigenvalue weighted by Crippen LogP contribution is -2.42. The van der Waals surface area contributed by atoms with E-state index in [1.807, 2.05) is 12.3 Å². The van der Waals surface area contributed by atoms with Crippen LogP contribution in [0.3, 0.4) is 0 Å². The summed E-state index contributed by atoms with van der Waals surface area (Å²) < 4.78 is 0. The Labute approximate surface area is 130 Å². The molecule has 2 rings (SSSR count). The highest BCUT2D eigenvalue weighted by Gasteiger charge is 2.30. The molecule has 3 unspecified atom stereocenters. The largest absolute Gasteiger partial charge is 0.312 e. The van der Waals surface area contributed by atoms with Gasteiger partial charge in [-0.15, -0.1) is 0 Å². The van der Waals surface area contributed by atoms with Crippen LogP contribution in [0.5, 0.6) is 0 Å². The van der Waals surface area contributed by atoms with Crippen molar-refractivity contribution >= 4 is 0 Å². The molecule has 1 heterocycles. The molecule has 1 N–H and O–H groups in total. The van der Waals surface area contributed by atoms with E-state index >= 15 is 0 Å². The summed E-state index contributed by atoms with van der Waals surface area (Å²) in [5.41, 5.74) is 1.48. The summed E-state index contributed by atoms with van der Waals surface area (Å²) in [6.45, 7) is 10.3. The van der Waals surface area contributed by atoms with Crippen LogP contribution in [-0.2, 0) is 6.42 Å². The van der Waals surface area contributed by atoms with E-state index in [2.05, 4.69) is 50.1 Å². The minimum absolute atomic E-state index is 0.219. The van der Waals surface area contributed by atoms with Gasteiger partial charge in [0.2, 0.25) is 0 Å². The Kier molecular flexibility index (Phi) is 5.80. The Hall–Kier alpha value is -0.890.